The third-order valence-corrected chi connectivity index (χ3v) is 3.23. The number of halogens is 3. The molecule has 1 heterocycles. The van der Waals surface area contributed by atoms with Gasteiger partial charge in [0.1, 0.15) is 0 Å². The van der Waals surface area contributed by atoms with Gasteiger partial charge in [0.05, 0.1) is 6.04 Å². The number of nitrogens with zero attached hydrogens (tertiary/aromatic N) is 1. The Morgan fingerprint density at radius 1 is 1.42 bits per heavy atom. The van der Waals surface area contributed by atoms with Crippen molar-refractivity contribution in [3.05, 3.63) is 0 Å². The first-order valence-corrected chi connectivity index (χ1v) is 6.34. The van der Waals surface area contributed by atoms with Crippen molar-refractivity contribution in [1.82, 2.24) is 10.2 Å². The molecule has 2 amide bonds. The van der Waals surface area contributed by atoms with Gasteiger partial charge in [-0.2, -0.15) is 13.2 Å². The summed E-state index contributed by atoms with van der Waals surface area (Å²) < 4.78 is 36.0. The van der Waals surface area contributed by atoms with Gasteiger partial charge in [-0.15, -0.1) is 0 Å². The van der Waals surface area contributed by atoms with Gasteiger partial charge in [0, 0.05) is 25.9 Å². The van der Waals surface area contributed by atoms with Crippen molar-refractivity contribution in [1.29, 1.82) is 0 Å². The van der Waals surface area contributed by atoms with Gasteiger partial charge in [-0.3, -0.25) is 14.5 Å². The van der Waals surface area contributed by atoms with Gasteiger partial charge in [-0.25, -0.2) is 0 Å². The molecule has 1 N–H and O–H groups in total. The average Bonchev–Trinajstić information content (AvgIpc) is 2.28. The zero-order chi connectivity index (χ0) is 14.6. The number of imide groups is 1. The highest BCUT2D eigenvalue weighted by atomic mass is 19.4. The van der Waals surface area contributed by atoms with Crippen molar-refractivity contribution < 1.29 is 22.8 Å². The molecular formula is C12H19F3N2O2. The van der Waals surface area contributed by atoms with E-state index in [-0.39, 0.29) is 30.7 Å². The van der Waals surface area contributed by atoms with Crippen LogP contribution in [0.2, 0.25) is 0 Å². The molecule has 1 aliphatic rings. The molecule has 1 saturated heterocycles. The van der Waals surface area contributed by atoms with E-state index >= 15 is 0 Å². The summed E-state index contributed by atoms with van der Waals surface area (Å²) in [4.78, 5) is 24.1. The van der Waals surface area contributed by atoms with E-state index in [9.17, 15) is 22.8 Å². The molecule has 19 heavy (non-hydrogen) atoms. The van der Waals surface area contributed by atoms with Crippen LogP contribution in [0.3, 0.4) is 0 Å². The number of carbonyl (C=O) groups excluding carboxylic acids is 2. The minimum Gasteiger partial charge on any atom is -0.303 e. The lowest BCUT2D eigenvalue weighted by atomic mass is 10.0. The second kappa shape index (κ2) is 6.36. The molecule has 0 bridgehead atoms. The third-order valence-electron chi connectivity index (χ3n) is 3.23. The molecule has 1 rings (SSSR count). The molecule has 0 aromatic heterocycles. The van der Waals surface area contributed by atoms with Crippen LogP contribution in [0.15, 0.2) is 0 Å². The number of carbonyl (C=O) groups is 2. The van der Waals surface area contributed by atoms with E-state index in [2.05, 4.69) is 5.32 Å². The number of nitrogens with one attached hydrogen (secondary N) is 1. The quantitative estimate of drug-likeness (QED) is 0.782. The standard InChI is InChI=1S/C12H19F3N2O2/c1-8(4-3-7-12(13,14)15)16-9-5-6-10(18)17(2)11(9)19/h8-9,16H,3-7H2,1-2H3. The van der Waals surface area contributed by atoms with E-state index in [1.165, 1.54) is 7.05 Å². The highest BCUT2D eigenvalue weighted by molar-refractivity contribution is 6.00. The Labute approximate surface area is 110 Å². The predicted octanol–water partition coefficient (Wildman–Crippen LogP) is 1.84. The molecule has 7 heteroatoms. The van der Waals surface area contributed by atoms with Crippen LogP contribution >= 0.6 is 0 Å². The van der Waals surface area contributed by atoms with Crippen LogP contribution in [0.4, 0.5) is 13.2 Å². The number of piperidine rings is 1. The Morgan fingerprint density at radius 3 is 2.63 bits per heavy atom. The number of amides is 2. The molecule has 1 aliphatic heterocycles. The van der Waals surface area contributed by atoms with E-state index in [1.807, 2.05) is 0 Å². The fraction of sp³-hybridized carbons (Fsp3) is 0.833. The van der Waals surface area contributed by atoms with Crippen molar-refractivity contribution in [2.24, 2.45) is 0 Å². The summed E-state index contributed by atoms with van der Waals surface area (Å²) >= 11 is 0. The molecule has 0 aliphatic carbocycles. The normalized spacial score (nSPS) is 22.8. The summed E-state index contributed by atoms with van der Waals surface area (Å²) in [6.45, 7) is 1.75. The minimum absolute atomic E-state index is 0.0351. The van der Waals surface area contributed by atoms with Gasteiger partial charge >= 0.3 is 6.18 Å². The van der Waals surface area contributed by atoms with E-state index in [1.54, 1.807) is 6.92 Å². The van der Waals surface area contributed by atoms with Gasteiger partial charge < -0.3 is 5.32 Å². The summed E-state index contributed by atoms with van der Waals surface area (Å²) in [5, 5.41) is 3.00. The molecule has 2 atom stereocenters. The van der Waals surface area contributed by atoms with Crippen molar-refractivity contribution >= 4 is 11.8 Å². The molecule has 0 radical (unpaired) electrons. The number of likely N-dealkylation sites (N-methyl/N-ethyl adjacent to an activating group) is 1. The lowest BCUT2D eigenvalue weighted by Crippen LogP contribution is -2.53. The Kier molecular flexibility index (Phi) is 5.34. The molecule has 0 aromatic rings. The fourth-order valence-electron chi connectivity index (χ4n) is 2.11. The summed E-state index contributed by atoms with van der Waals surface area (Å²) in [5.74, 6) is -0.522. The van der Waals surface area contributed by atoms with Crippen LogP contribution in [0.5, 0.6) is 0 Å². The van der Waals surface area contributed by atoms with Gasteiger partial charge in [-0.05, 0) is 26.2 Å². The Hall–Kier alpha value is -1.11. The second-order valence-electron chi connectivity index (χ2n) is 4.96. The minimum atomic E-state index is -4.13. The summed E-state index contributed by atoms with van der Waals surface area (Å²) in [5.41, 5.74) is 0. The molecule has 1 fully saturated rings. The van der Waals surface area contributed by atoms with Crippen LogP contribution in [-0.2, 0) is 9.59 Å². The van der Waals surface area contributed by atoms with E-state index in [0.29, 0.717) is 12.8 Å². The summed E-state index contributed by atoms with van der Waals surface area (Å²) in [6.07, 6.45) is -3.86. The average molecular weight is 280 g/mol. The monoisotopic (exact) mass is 280 g/mol. The van der Waals surface area contributed by atoms with Crippen molar-refractivity contribution in [3.63, 3.8) is 0 Å². The fourth-order valence-corrected chi connectivity index (χ4v) is 2.11. The highest BCUT2D eigenvalue weighted by Crippen LogP contribution is 2.23. The number of hydrogen-bond donors (Lipinski definition) is 1. The molecule has 4 nitrogen and oxygen atoms in total. The zero-order valence-corrected chi connectivity index (χ0v) is 11.1. The first-order chi connectivity index (χ1) is 8.70. The lowest BCUT2D eigenvalue weighted by molar-refractivity contribution is -0.148. The topological polar surface area (TPSA) is 49.4 Å². The Morgan fingerprint density at radius 2 is 2.05 bits per heavy atom. The molecule has 2 unspecified atom stereocenters. The number of alkyl halides is 3. The summed E-state index contributed by atoms with van der Waals surface area (Å²) in [6, 6.07) is -0.651. The van der Waals surface area contributed by atoms with Crippen molar-refractivity contribution in [2.75, 3.05) is 7.05 Å². The molecule has 0 saturated carbocycles. The van der Waals surface area contributed by atoms with Crippen molar-refractivity contribution in [2.45, 2.75) is 57.3 Å². The molecule has 110 valence electrons. The number of rotatable bonds is 5. The zero-order valence-electron chi connectivity index (χ0n) is 11.1. The second-order valence-corrected chi connectivity index (χ2v) is 4.96. The van der Waals surface area contributed by atoms with Crippen LogP contribution in [-0.4, -0.2) is 42.0 Å². The van der Waals surface area contributed by atoms with Crippen LogP contribution in [0.25, 0.3) is 0 Å². The van der Waals surface area contributed by atoms with Gasteiger partial charge in [0.25, 0.3) is 0 Å². The maximum atomic E-state index is 12.0. The van der Waals surface area contributed by atoms with Crippen molar-refractivity contribution in [3.8, 4) is 0 Å². The molecular weight excluding hydrogens is 261 g/mol. The first-order valence-electron chi connectivity index (χ1n) is 6.34. The maximum Gasteiger partial charge on any atom is 0.389 e. The predicted molar refractivity (Wildman–Crippen MR) is 63.3 cm³/mol. The van der Waals surface area contributed by atoms with Gasteiger partial charge in [-0.1, -0.05) is 0 Å². The largest absolute Gasteiger partial charge is 0.389 e. The van der Waals surface area contributed by atoms with E-state index in [0.717, 1.165) is 4.90 Å². The van der Waals surface area contributed by atoms with Gasteiger partial charge in [0.2, 0.25) is 11.8 Å². The Bertz CT molecular complexity index is 344. The van der Waals surface area contributed by atoms with Gasteiger partial charge in [0.15, 0.2) is 0 Å². The van der Waals surface area contributed by atoms with Crippen LogP contribution in [0, 0.1) is 0 Å². The smallest absolute Gasteiger partial charge is 0.303 e. The maximum absolute atomic E-state index is 12.0. The van der Waals surface area contributed by atoms with Crippen LogP contribution < -0.4 is 5.32 Å². The highest BCUT2D eigenvalue weighted by Gasteiger charge is 2.32. The van der Waals surface area contributed by atoms with E-state index in [4.69, 9.17) is 0 Å². The first kappa shape index (κ1) is 15.9. The lowest BCUT2D eigenvalue weighted by Gasteiger charge is -2.30. The SMILES string of the molecule is CC(CCCC(F)(F)F)NC1CCC(=O)N(C)C1=O. The number of hydrogen-bond acceptors (Lipinski definition) is 3. The van der Waals surface area contributed by atoms with E-state index < -0.39 is 18.6 Å². The number of likely N-dealkylation sites (tertiary alicyclic amines) is 1. The third kappa shape index (κ3) is 5.18. The van der Waals surface area contributed by atoms with Crippen LogP contribution in [0.1, 0.15) is 39.0 Å². The molecule has 0 aromatic carbocycles. The Balaban J connectivity index is 2.34. The molecule has 0 spiro atoms. The summed E-state index contributed by atoms with van der Waals surface area (Å²) in [7, 11) is 1.42.